The van der Waals surface area contributed by atoms with Gasteiger partial charge in [0, 0.05) is 42.8 Å². The summed E-state index contributed by atoms with van der Waals surface area (Å²) >= 11 is 0. The zero-order valence-electron chi connectivity index (χ0n) is 43.4. The lowest BCUT2D eigenvalue weighted by Crippen LogP contribution is -2.53. The van der Waals surface area contributed by atoms with Crippen molar-refractivity contribution in [3.8, 4) is 0 Å². The number of ether oxygens (including phenoxy) is 11. The normalized spacial score (nSPS) is 11.6. The van der Waals surface area contributed by atoms with Gasteiger partial charge in [-0.1, -0.05) is 44.3 Å². The first-order chi connectivity index (χ1) is 37.3. The van der Waals surface area contributed by atoms with E-state index in [1.165, 1.54) is 20.1 Å². The van der Waals surface area contributed by atoms with Crippen molar-refractivity contribution in [2.45, 2.75) is 122 Å². The number of nitrogens with one attached hydrogen (secondary N) is 2. The number of aryl methyl sites for hydroxylation is 2. The minimum atomic E-state index is -6.68. The fraction of sp³-hybridized carbons (Fsp3) is 0.510. The lowest BCUT2D eigenvalue weighted by Gasteiger charge is -2.31. The standard InChI is InChI=1S/C27H30F10N2O11.C22H28O8/c1-4-19(40)46-15-47-20(41)9-7-6-8-12-44-22(43)39-18-13-17(11-10-16(18)3)38-21(42)45-14-24(30,31)48-25(32,33)26(34,35)50-27(36,37)49-23(28,29)5-2;1-4-19(23)29-15-30-20(24)8-6-5-7-11-28-22(26)14-18-12-17(10-9-16(18)2)13-21(25)27-3/h4,10-11,13H,1,5-9,12,14-15H2,2-3H3,(H,38,42)(H,39,43);4,9-10,12H,1,5-8,11,13-15H2,2-3H3. The predicted octanol–water partition coefficient (Wildman–Crippen LogP) is 9.85. The highest BCUT2D eigenvalue weighted by Gasteiger charge is 2.69. The van der Waals surface area contributed by atoms with Crippen LogP contribution in [0.2, 0.25) is 0 Å². The lowest BCUT2D eigenvalue weighted by molar-refractivity contribution is -0.565. The summed E-state index contributed by atoms with van der Waals surface area (Å²) in [5, 5.41) is 4.16. The highest BCUT2D eigenvalue weighted by Crippen LogP contribution is 2.45. The van der Waals surface area contributed by atoms with Crippen molar-refractivity contribution >= 4 is 59.4 Å². The largest absolute Gasteiger partial charge is 0.495 e. The van der Waals surface area contributed by atoms with Gasteiger partial charge in [0.1, 0.15) is 0 Å². The summed E-state index contributed by atoms with van der Waals surface area (Å²) in [5.41, 5.74) is 2.68. The molecule has 0 aliphatic carbocycles. The molecule has 2 amide bonds. The molecular weight excluding hydrogens is 1110 g/mol. The van der Waals surface area contributed by atoms with Gasteiger partial charge in [-0.25, -0.2) is 33.4 Å². The third-order valence-corrected chi connectivity index (χ3v) is 9.68. The fourth-order valence-electron chi connectivity index (χ4n) is 5.52. The number of benzene rings is 2. The Hall–Kier alpha value is -7.54. The maximum Gasteiger partial charge on any atom is 0.495 e. The Morgan fingerprint density at radius 2 is 1.06 bits per heavy atom. The Morgan fingerprint density at radius 1 is 0.537 bits per heavy atom. The second-order valence-electron chi connectivity index (χ2n) is 16.1. The topological polar surface area (TPSA) is 262 Å². The van der Waals surface area contributed by atoms with E-state index in [0.717, 1.165) is 41.0 Å². The van der Waals surface area contributed by atoms with Gasteiger partial charge in [-0.3, -0.25) is 29.8 Å². The van der Waals surface area contributed by atoms with Gasteiger partial charge in [0.15, 0.2) is 6.61 Å². The van der Waals surface area contributed by atoms with Gasteiger partial charge in [0.25, 0.3) is 0 Å². The number of carbonyl (C=O) groups excluding carboxylic acids is 8. The molecule has 0 unspecified atom stereocenters. The number of amides is 2. The lowest BCUT2D eigenvalue weighted by atomic mass is 10.0. The van der Waals surface area contributed by atoms with E-state index >= 15 is 0 Å². The summed E-state index contributed by atoms with van der Waals surface area (Å²) in [7, 11) is 1.33. The number of halogens is 10. The van der Waals surface area contributed by atoms with Gasteiger partial charge < -0.3 is 37.9 Å². The molecule has 0 heterocycles. The number of rotatable bonds is 34. The van der Waals surface area contributed by atoms with Gasteiger partial charge in [0.05, 0.1) is 33.2 Å². The molecule has 21 nitrogen and oxygen atoms in total. The molecular formula is C49H58F10N2O19. The SMILES string of the molecule is C=CC(=O)OCOC(=O)CCCCCOC(=O)Cc1cc(CC(=O)OC)ccc1C.C=CC(=O)OCOC(=O)CCCCCOC(=O)Nc1cc(NC(=O)OCC(F)(F)OC(F)(F)C(F)(F)OC(F)(F)OC(F)(F)CC)ccc1C. The van der Waals surface area contributed by atoms with E-state index in [0.29, 0.717) is 51.0 Å². The summed E-state index contributed by atoms with van der Waals surface area (Å²) in [6.07, 6.45) is -28.8. The van der Waals surface area contributed by atoms with Gasteiger partial charge in [0.2, 0.25) is 13.6 Å². The summed E-state index contributed by atoms with van der Waals surface area (Å²) < 4.78 is 179. The van der Waals surface area contributed by atoms with E-state index in [-0.39, 0.29) is 62.2 Å². The first-order valence-electron chi connectivity index (χ1n) is 23.5. The van der Waals surface area contributed by atoms with E-state index in [4.69, 9.17) is 14.2 Å². The molecule has 2 rings (SSSR count). The summed E-state index contributed by atoms with van der Waals surface area (Å²) in [6, 6.07) is 9.03. The molecule has 0 aliphatic rings. The number of methoxy groups -OCH3 is 1. The van der Waals surface area contributed by atoms with Crippen LogP contribution in [0.4, 0.5) is 64.9 Å². The Balaban J connectivity index is 0.000000907. The van der Waals surface area contributed by atoms with Crippen molar-refractivity contribution in [1.29, 1.82) is 0 Å². The monoisotopic (exact) mass is 1170 g/mol. The smallest absolute Gasteiger partial charge is 0.469 e. The van der Waals surface area contributed by atoms with Crippen LogP contribution < -0.4 is 10.6 Å². The first kappa shape index (κ1) is 70.5. The van der Waals surface area contributed by atoms with Crippen LogP contribution in [0.1, 0.15) is 87.0 Å². The molecule has 0 atom stereocenters. The number of hydrogen-bond acceptors (Lipinski definition) is 19. The van der Waals surface area contributed by atoms with Crippen LogP contribution in [0.25, 0.3) is 0 Å². The van der Waals surface area contributed by atoms with Gasteiger partial charge >= 0.3 is 78.7 Å². The van der Waals surface area contributed by atoms with Crippen LogP contribution in [-0.2, 0) is 93.7 Å². The summed E-state index contributed by atoms with van der Waals surface area (Å²) in [4.78, 5) is 92.1. The van der Waals surface area contributed by atoms with Crippen LogP contribution in [-0.4, -0.2) is 119 Å². The first-order valence-corrected chi connectivity index (χ1v) is 23.5. The van der Waals surface area contributed by atoms with Crippen LogP contribution in [0.15, 0.2) is 61.7 Å². The maximum absolute atomic E-state index is 13.8. The van der Waals surface area contributed by atoms with Gasteiger partial charge in [-0.05, 0) is 86.8 Å². The molecule has 0 aliphatic heterocycles. The number of alkyl halides is 10. The van der Waals surface area contributed by atoms with Crippen molar-refractivity contribution in [3.05, 3.63) is 84.0 Å². The summed E-state index contributed by atoms with van der Waals surface area (Å²) in [5.74, 6) is -3.22. The molecule has 0 bridgehead atoms. The number of hydrogen-bond donors (Lipinski definition) is 2. The van der Waals surface area contributed by atoms with E-state index in [2.05, 4.69) is 56.4 Å². The third kappa shape index (κ3) is 30.0. The average molecular weight is 1170 g/mol. The Kier molecular flexibility index (Phi) is 30.4. The van der Waals surface area contributed by atoms with Crippen LogP contribution in [0.5, 0.6) is 0 Å². The number of esters is 6. The van der Waals surface area contributed by atoms with E-state index in [9.17, 15) is 82.3 Å². The number of carbonyl (C=O) groups is 8. The molecule has 31 heteroatoms. The average Bonchev–Trinajstić information content (AvgIpc) is 3.36. The zero-order chi connectivity index (χ0) is 60.7. The zero-order valence-corrected chi connectivity index (χ0v) is 43.4. The van der Waals surface area contributed by atoms with Crippen LogP contribution in [0.3, 0.4) is 0 Å². The molecule has 0 saturated heterocycles. The van der Waals surface area contributed by atoms with Crippen LogP contribution in [0, 0.1) is 13.8 Å². The molecule has 0 fully saturated rings. The van der Waals surface area contributed by atoms with Crippen molar-refractivity contribution in [3.63, 3.8) is 0 Å². The van der Waals surface area contributed by atoms with Crippen molar-refractivity contribution in [2.75, 3.05) is 51.1 Å². The van der Waals surface area contributed by atoms with Crippen molar-refractivity contribution < 1.29 is 134 Å². The Bertz CT molecular complexity index is 2410. The number of anilines is 2. The molecule has 2 aromatic carbocycles. The quantitative estimate of drug-likeness (QED) is 0.0165. The highest BCUT2D eigenvalue weighted by molar-refractivity contribution is 5.89. The fourth-order valence-corrected chi connectivity index (χ4v) is 5.52. The maximum atomic E-state index is 13.8. The predicted molar refractivity (Wildman–Crippen MR) is 252 cm³/mol. The minimum absolute atomic E-state index is 0.0104. The number of unbranched alkanes of at least 4 members (excludes halogenated alkanes) is 4. The van der Waals surface area contributed by atoms with E-state index in [1.807, 2.05) is 30.4 Å². The second-order valence-corrected chi connectivity index (χ2v) is 16.1. The third-order valence-electron chi connectivity index (χ3n) is 9.68. The minimum Gasteiger partial charge on any atom is -0.469 e. The molecule has 448 valence electrons. The van der Waals surface area contributed by atoms with Crippen LogP contribution >= 0.6 is 0 Å². The second kappa shape index (κ2) is 34.5. The van der Waals surface area contributed by atoms with E-state index in [1.54, 1.807) is 0 Å². The molecule has 0 spiro atoms. The Labute approximate surface area is 450 Å². The van der Waals surface area contributed by atoms with Gasteiger partial charge in [-0.2, -0.15) is 35.1 Å². The molecule has 0 aromatic heterocycles. The Morgan fingerprint density at radius 3 is 1.60 bits per heavy atom. The van der Waals surface area contributed by atoms with Crippen molar-refractivity contribution in [1.82, 2.24) is 0 Å². The molecule has 80 heavy (non-hydrogen) atoms. The molecule has 0 radical (unpaired) electrons. The molecule has 0 saturated carbocycles. The van der Waals surface area contributed by atoms with E-state index < -0.39 is 93.4 Å². The molecule has 2 aromatic rings. The summed E-state index contributed by atoms with van der Waals surface area (Å²) in [6.45, 7) is 6.97. The molecule has 2 N–H and O–H groups in total. The van der Waals surface area contributed by atoms with Gasteiger partial charge in [-0.15, -0.1) is 8.78 Å². The van der Waals surface area contributed by atoms with Crippen molar-refractivity contribution in [2.24, 2.45) is 0 Å². The highest BCUT2D eigenvalue weighted by atomic mass is 19.3.